The smallest absolute Gasteiger partial charge is 0.408 e. The molecule has 1 aliphatic heterocycles. The van der Waals surface area contributed by atoms with Gasteiger partial charge in [0.15, 0.2) is 5.58 Å². The Hall–Kier alpha value is -2.13. The molecule has 9 heteroatoms. The average molecular weight is 353 g/mol. The monoisotopic (exact) mass is 353 g/mol. The molecule has 0 aliphatic carbocycles. The number of hydrogen-bond donors (Lipinski definition) is 1. The molecule has 24 heavy (non-hydrogen) atoms. The highest BCUT2D eigenvalue weighted by Crippen LogP contribution is 2.23. The van der Waals surface area contributed by atoms with Crippen molar-refractivity contribution in [1.82, 2.24) is 8.87 Å². The van der Waals surface area contributed by atoms with Crippen LogP contribution in [0.4, 0.5) is 0 Å². The van der Waals surface area contributed by atoms with Gasteiger partial charge in [0.2, 0.25) is 15.9 Å². The summed E-state index contributed by atoms with van der Waals surface area (Å²) in [6.07, 6.45) is 3.73. The summed E-state index contributed by atoms with van der Waals surface area (Å²) in [6, 6.07) is 4.22. The van der Waals surface area contributed by atoms with Crippen LogP contribution in [0.2, 0.25) is 0 Å². The van der Waals surface area contributed by atoms with Gasteiger partial charge in [0.25, 0.3) is 0 Å². The zero-order chi connectivity index (χ0) is 17.3. The molecule has 0 atom stereocenters. The molecule has 1 fully saturated rings. The van der Waals surface area contributed by atoms with Crippen molar-refractivity contribution in [3.8, 4) is 0 Å². The number of carbonyl (C=O) groups excluding carboxylic acids is 1. The summed E-state index contributed by atoms with van der Waals surface area (Å²) in [5.41, 5.74) is 5.58. The topological polar surface area (TPSA) is 116 Å². The van der Waals surface area contributed by atoms with Crippen molar-refractivity contribution in [1.29, 1.82) is 0 Å². The number of fused-ring (bicyclic) bond motifs is 1. The molecule has 1 aromatic heterocycles. The second-order valence-electron chi connectivity index (χ2n) is 5.87. The maximum Gasteiger partial charge on any atom is 0.420 e. The van der Waals surface area contributed by atoms with Gasteiger partial charge in [0.05, 0.1) is 10.4 Å². The van der Waals surface area contributed by atoms with E-state index in [1.54, 1.807) is 0 Å². The van der Waals surface area contributed by atoms with Crippen molar-refractivity contribution in [3.05, 3.63) is 28.7 Å². The number of nitrogens with two attached hydrogens (primary N) is 1. The van der Waals surface area contributed by atoms with Crippen LogP contribution >= 0.6 is 0 Å². The Kier molecular flexibility index (Phi) is 4.46. The summed E-state index contributed by atoms with van der Waals surface area (Å²) in [5, 5.41) is 0. The largest absolute Gasteiger partial charge is 0.420 e. The third-order valence-corrected chi connectivity index (χ3v) is 6.05. The Morgan fingerprint density at radius 3 is 2.46 bits per heavy atom. The highest BCUT2D eigenvalue weighted by molar-refractivity contribution is 7.89. The summed E-state index contributed by atoms with van der Waals surface area (Å²) in [6.45, 7) is 0.671. The number of oxazole rings is 1. The van der Waals surface area contributed by atoms with Crippen LogP contribution in [0, 0.1) is 0 Å². The number of primary amides is 1. The van der Waals surface area contributed by atoms with Crippen LogP contribution in [-0.4, -0.2) is 36.3 Å². The van der Waals surface area contributed by atoms with Crippen molar-refractivity contribution in [2.45, 2.75) is 37.1 Å². The van der Waals surface area contributed by atoms with E-state index in [9.17, 15) is 18.0 Å². The van der Waals surface area contributed by atoms with Crippen molar-refractivity contribution < 1.29 is 17.6 Å². The molecule has 0 saturated carbocycles. The Morgan fingerprint density at radius 2 is 1.83 bits per heavy atom. The summed E-state index contributed by atoms with van der Waals surface area (Å²) >= 11 is 0. The fourth-order valence-corrected chi connectivity index (χ4v) is 4.48. The second-order valence-corrected chi connectivity index (χ2v) is 7.81. The molecule has 1 saturated heterocycles. The zero-order valence-electron chi connectivity index (χ0n) is 13.1. The van der Waals surface area contributed by atoms with E-state index < -0.39 is 21.7 Å². The number of nitrogens with zero attached hydrogens (tertiary/aromatic N) is 2. The SMILES string of the molecule is NC(=O)Cn1c(=O)oc2cc(S(=O)(=O)N3CCCCCC3)ccc21. The van der Waals surface area contributed by atoms with Gasteiger partial charge in [-0.15, -0.1) is 0 Å². The second kappa shape index (κ2) is 6.40. The molecule has 130 valence electrons. The molecule has 1 amide bonds. The van der Waals surface area contributed by atoms with Crippen LogP contribution in [0.3, 0.4) is 0 Å². The Balaban J connectivity index is 2.01. The summed E-state index contributed by atoms with van der Waals surface area (Å²) in [4.78, 5) is 22.9. The predicted molar refractivity (Wildman–Crippen MR) is 86.9 cm³/mol. The molecule has 1 aliphatic rings. The zero-order valence-corrected chi connectivity index (χ0v) is 13.9. The van der Waals surface area contributed by atoms with Gasteiger partial charge in [-0.3, -0.25) is 9.36 Å². The van der Waals surface area contributed by atoms with E-state index in [2.05, 4.69) is 0 Å². The molecule has 2 N–H and O–H groups in total. The van der Waals surface area contributed by atoms with Gasteiger partial charge in [0.1, 0.15) is 6.54 Å². The normalized spacial score (nSPS) is 17.0. The Morgan fingerprint density at radius 1 is 1.17 bits per heavy atom. The lowest BCUT2D eigenvalue weighted by atomic mass is 10.2. The summed E-state index contributed by atoms with van der Waals surface area (Å²) in [5.74, 6) is -1.42. The average Bonchev–Trinajstić information content (AvgIpc) is 2.72. The quantitative estimate of drug-likeness (QED) is 0.866. The van der Waals surface area contributed by atoms with Crippen LogP contribution in [0.1, 0.15) is 25.7 Å². The maximum atomic E-state index is 12.8. The first kappa shape index (κ1) is 16.7. The summed E-state index contributed by atoms with van der Waals surface area (Å²) < 4.78 is 33.2. The van der Waals surface area contributed by atoms with E-state index in [4.69, 9.17) is 10.2 Å². The van der Waals surface area contributed by atoms with Crippen molar-refractivity contribution in [2.75, 3.05) is 13.1 Å². The third kappa shape index (κ3) is 3.09. The number of aromatic nitrogens is 1. The van der Waals surface area contributed by atoms with Crippen molar-refractivity contribution in [2.24, 2.45) is 5.73 Å². The van der Waals surface area contributed by atoms with Crippen LogP contribution in [0.25, 0.3) is 11.1 Å². The van der Waals surface area contributed by atoms with E-state index in [0.29, 0.717) is 18.6 Å². The molecule has 2 aromatic rings. The van der Waals surface area contributed by atoms with Gasteiger partial charge >= 0.3 is 5.76 Å². The standard InChI is InChI=1S/C15H19N3O5S/c16-14(19)10-18-12-6-5-11(9-13(12)23-15(18)20)24(21,22)17-7-3-1-2-4-8-17/h5-6,9H,1-4,7-8,10H2,(H2,16,19). The number of amides is 1. The van der Waals surface area contributed by atoms with Crippen LogP contribution in [0.15, 0.2) is 32.3 Å². The van der Waals surface area contributed by atoms with Gasteiger partial charge in [0, 0.05) is 19.2 Å². The van der Waals surface area contributed by atoms with Crippen LogP contribution < -0.4 is 11.5 Å². The molecule has 2 heterocycles. The van der Waals surface area contributed by atoms with E-state index >= 15 is 0 Å². The van der Waals surface area contributed by atoms with E-state index in [-0.39, 0.29) is 17.0 Å². The fraction of sp³-hybridized carbons (Fsp3) is 0.467. The first-order valence-corrected chi connectivity index (χ1v) is 9.25. The van der Waals surface area contributed by atoms with Gasteiger partial charge in [-0.1, -0.05) is 12.8 Å². The van der Waals surface area contributed by atoms with Gasteiger partial charge < -0.3 is 10.2 Å². The summed E-state index contributed by atoms with van der Waals surface area (Å²) in [7, 11) is -3.63. The third-order valence-electron chi connectivity index (χ3n) is 4.16. The van der Waals surface area contributed by atoms with Crippen LogP contribution in [0.5, 0.6) is 0 Å². The first-order chi connectivity index (χ1) is 11.4. The lowest BCUT2D eigenvalue weighted by molar-refractivity contribution is -0.118. The van der Waals surface area contributed by atoms with Gasteiger partial charge in [-0.05, 0) is 25.0 Å². The molecule has 0 spiro atoms. The minimum absolute atomic E-state index is 0.0804. The molecular formula is C15H19N3O5S. The number of sulfonamides is 1. The number of benzene rings is 1. The molecule has 0 unspecified atom stereocenters. The highest BCUT2D eigenvalue weighted by Gasteiger charge is 2.26. The Labute approximate surface area is 138 Å². The van der Waals surface area contributed by atoms with Crippen molar-refractivity contribution in [3.63, 3.8) is 0 Å². The number of hydrogen-bond acceptors (Lipinski definition) is 5. The number of rotatable bonds is 4. The van der Waals surface area contributed by atoms with Gasteiger partial charge in [-0.25, -0.2) is 13.2 Å². The molecule has 0 radical (unpaired) electrons. The number of carbonyl (C=O) groups is 1. The first-order valence-electron chi connectivity index (χ1n) is 7.81. The molecule has 3 rings (SSSR count). The molecule has 1 aromatic carbocycles. The van der Waals surface area contributed by atoms with Crippen LogP contribution in [-0.2, 0) is 21.4 Å². The molecular weight excluding hydrogens is 334 g/mol. The fourth-order valence-electron chi connectivity index (χ4n) is 2.94. The highest BCUT2D eigenvalue weighted by atomic mass is 32.2. The molecule has 8 nitrogen and oxygen atoms in total. The lowest BCUT2D eigenvalue weighted by Crippen LogP contribution is -2.31. The van der Waals surface area contributed by atoms with E-state index in [0.717, 1.165) is 30.3 Å². The van der Waals surface area contributed by atoms with E-state index in [1.165, 1.54) is 22.5 Å². The Bertz CT molecular complexity index is 920. The lowest BCUT2D eigenvalue weighted by Gasteiger charge is -2.19. The maximum absolute atomic E-state index is 12.8. The predicted octanol–water partition coefficient (Wildman–Crippen LogP) is 0.644. The minimum Gasteiger partial charge on any atom is -0.408 e. The minimum atomic E-state index is -3.63. The molecule has 0 bridgehead atoms. The van der Waals surface area contributed by atoms with E-state index in [1.807, 2.05) is 0 Å². The van der Waals surface area contributed by atoms with Crippen molar-refractivity contribution >= 4 is 27.0 Å². The van der Waals surface area contributed by atoms with Gasteiger partial charge in [-0.2, -0.15) is 4.31 Å².